The second-order valence-electron chi connectivity index (χ2n) is 3.39. The van der Waals surface area contributed by atoms with Crippen molar-refractivity contribution in [2.75, 3.05) is 0 Å². The van der Waals surface area contributed by atoms with Crippen LogP contribution in [0.15, 0.2) is 50.9 Å². The molecular formula is C13H9ClO2S2. The van der Waals surface area contributed by atoms with E-state index >= 15 is 0 Å². The SMILES string of the molecule is O=C(O)/C=C/c1ccsc1Sc1ccc(Cl)cc1. The van der Waals surface area contributed by atoms with Crippen molar-refractivity contribution in [3.63, 3.8) is 0 Å². The molecule has 0 unspecified atom stereocenters. The van der Waals surface area contributed by atoms with Crippen molar-refractivity contribution in [3.8, 4) is 0 Å². The van der Waals surface area contributed by atoms with E-state index in [1.807, 2.05) is 35.7 Å². The summed E-state index contributed by atoms with van der Waals surface area (Å²) in [5.74, 6) is -0.941. The van der Waals surface area contributed by atoms with Gasteiger partial charge >= 0.3 is 5.97 Å². The molecule has 1 aromatic carbocycles. The third kappa shape index (κ3) is 3.63. The molecular weight excluding hydrogens is 288 g/mol. The van der Waals surface area contributed by atoms with Crippen LogP contribution in [0.1, 0.15) is 5.56 Å². The van der Waals surface area contributed by atoms with Gasteiger partial charge in [0.05, 0.1) is 4.21 Å². The van der Waals surface area contributed by atoms with Crippen LogP contribution in [0.25, 0.3) is 6.08 Å². The van der Waals surface area contributed by atoms with Crippen LogP contribution in [-0.2, 0) is 4.79 Å². The van der Waals surface area contributed by atoms with Crippen LogP contribution >= 0.6 is 34.7 Å². The molecule has 0 radical (unpaired) electrons. The molecule has 0 saturated carbocycles. The van der Waals surface area contributed by atoms with Gasteiger partial charge in [-0.3, -0.25) is 0 Å². The first-order valence-corrected chi connectivity index (χ1v) is 7.14. The van der Waals surface area contributed by atoms with Gasteiger partial charge in [-0.1, -0.05) is 23.4 Å². The normalized spacial score (nSPS) is 10.9. The minimum absolute atomic E-state index is 0.705. The van der Waals surface area contributed by atoms with Gasteiger partial charge in [0, 0.05) is 16.0 Å². The fourth-order valence-corrected chi connectivity index (χ4v) is 3.41. The minimum atomic E-state index is -0.941. The maximum atomic E-state index is 10.5. The average Bonchev–Trinajstić information content (AvgIpc) is 2.77. The van der Waals surface area contributed by atoms with Crippen molar-refractivity contribution in [2.24, 2.45) is 0 Å². The number of hydrogen-bond donors (Lipinski definition) is 1. The van der Waals surface area contributed by atoms with Crippen molar-refractivity contribution in [1.82, 2.24) is 0 Å². The van der Waals surface area contributed by atoms with E-state index < -0.39 is 5.97 Å². The molecule has 0 aliphatic carbocycles. The van der Waals surface area contributed by atoms with Gasteiger partial charge in [0.25, 0.3) is 0 Å². The third-order valence-electron chi connectivity index (χ3n) is 2.09. The summed E-state index contributed by atoms with van der Waals surface area (Å²) in [5, 5.41) is 11.3. The van der Waals surface area contributed by atoms with Crippen molar-refractivity contribution < 1.29 is 9.90 Å². The Labute approximate surface area is 118 Å². The maximum absolute atomic E-state index is 10.5. The Hall–Kier alpha value is -1.23. The lowest BCUT2D eigenvalue weighted by Gasteiger charge is -2.00. The first-order chi connectivity index (χ1) is 8.65. The van der Waals surface area contributed by atoms with Crippen LogP contribution in [-0.4, -0.2) is 11.1 Å². The number of halogens is 1. The Kier molecular flexibility index (Phi) is 4.47. The number of carbonyl (C=O) groups is 1. The summed E-state index contributed by atoms with van der Waals surface area (Å²) in [6.07, 6.45) is 2.76. The zero-order valence-electron chi connectivity index (χ0n) is 9.17. The highest BCUT2D eigenvalue weighted by molar-refractivity contribution is 8.01. The highest BCUT2D eigenvalue weighted by Crippen LogP contribution is 2.35. The molecule has 5 heteroatoms. The molecule has 1 N–H and O–H groups in total. The number of benzene rings is 1. The van der Waals surface area contributed by atoms with Gasteiger partial charge in [-0.2, -0.15) is 0 Å². The molecule has 0 amide bonds. The number of aliphatic carboxylic acids is 1. The predicted molar refractivity (Wildman–Crippen MR) is 76.6 cm³/mol. The summed E-state index contributed by atoms with van der Waals surface area (Å²) < 4.78 is 1.06. The molecule has 0 fully saturated rings. The lowest BCUT2D eigenvalue weighted by molar-refractivity contribution is -0.131. The molecule has 0 atom stereocenters. The summed E-state index contributed by atoms with van der Waals surface area (Å²) >= 11 is 9.01. The Morgan fingerprint density at radius 2 is 2.00 bits per heavy atom. The average molecular weight is 297 g/mol. The molecule has 2 aromatic rings. The van der Waals surface area contributed by atoms with E-state index in [4.69, 9.17) is 16.7 Å². The van der Waals surface area contributed by atoms with Crippen LogP contribution in [0.5, 0.6) is 0 Å². The summed E-state index contributed by atoms with van der Waals surface area (Å²) in [6, 6.07) is 9.46. The molecule has 18 heavy (non-hydrogen) atoms. The topological polar surface area (TPSA) is 37.3 Å². The fraction of sp³-hybridized carbons (Fsp3) is 0. The van der Waals surface area contributed by atoms with E-state index in [0.29, 0.717) is 5.02 Å². The molecule has 2 rings (SSSR count). The van der Waals surface area contributed by atoms with Crippen molar-refractivity contribution in [1.29, 1.82) is 0 Å². The van der Waals surface area contributed by atoms with Gasteiger partial charge in [0.2, 0.25) is 0 Å². The lowest BCUT2D eigenvalue weighted by atomic mass is 10.3. The predicted octanol–water partition coefficient (Wildman–Crippen LogP) is 4.65. The molecule has 92 valence electrons. The molecule has 0 spiro atoms. The number of hydrogen-bond acceptors (Lipinski definition) is 3. The van der Waals surface area contributed by atoms with Gasteiger partial charge < -0.3 is 5.11 Å². The van der Waals surface area contributed by atoms with E-state index in [1.54, 1.807) is 29.2 Å². The standard InChI is InChI=1S/C13H9ClO2S2/c14-10-2-4-11(5-3-10)18-13-9(7-8-17-13)1-6-12(15)16/h1-8H,(H,15,16)/b6-1+. The molecule has 1 heterocycles. The zero-order chi connectivity index (χ0) is 13.0. The van der Waals surface area contributed by atoms with Crippen LogP contribution in [0.3, 0.4) is 0 Å². The van der Waals surface area contributed by atoms with Gasteiger partial charge in [-0.15, -0.1) is 11.3 Å². The van der Waals surface area contributed by atoms with Gasteiger partial charge in [0.15, 0.2) is 0 Å². The summed E-state index contributed by atoms with van der Waals surface area (Å²) in [6.45, 7) is 0. The number of carboxylic acids is 1. The van der Waals surface area contributed by atoms with E-state index in [9.17, 15) is 4.79 Å². The van der Waals surface area contributed by atoms with E-state index in [1.165, 1.54) is 0 Å². The second kappa shape index (κ2) is 6.09. The summed E-state index contributed by atoms with van der Waals surface area (Å²) in [5.41, 5.74) is 0.919. The molecule has 0 aliphatic rings. The van der Waals surface area contributed by atoms with Crippen molar-refractivity contribution >= 4 is 46.7 Å². The molecule has 0 bridgehead atoms. The smallest absolute Gasteiger partial charge is 0.328 e. The number of thiophene rings is 1. The Balaban J connectivity index is 2.17. The van der Waals surface area contributed by atoms with Gasteiger partial charge in [0.1, 0.15) is 0 Å². The van der Waals surface area contributed by atoms with Crippen molar-refractivity contribution in [2.45, 2.75) is 9.10 Å². The van der Waals surface area contributed by atoms with Gasteiger partial charge in [-0.25, -0.2) is 4.79 Å². The minimum Gasteiger partial charge on any atom is -0.478 e. The first kappa shape index (κ1) is 13.2. The third-order valence-corrected chi connectivity index (χ3v) is 4.53. The Morgan fingerprint density at radius 1 is 1.28 bits per heavy atom. The number of rotatable bonds is 4. The highest BCUT2D eigenvalue weighted by atomic mass is 35.5. The van der Waals surface area contributed by atoms with Crippen LogP contribution in [0.4, 0.5) is 0 Å². The van der Waals surface area contributed by atoms with Crippen LogP contribution < -0.4 is 0 Å². The maximum Gasteiger partial charge on any atom is 0.328 e. The fourth-order valence-electron chi connectivity index (χ4n) is 1.28. The second-order valence-corrected chi connectivity index (χ2v) is 6.09. The molecule has 0 aliphatic heterocycles. The molecule has 2 nitrogen and oxygen atoms in total. The van der Waals surface area contributed by atoms with E-state index in [2.05, 4.69) is 0 Å². The number of carboxylic acid groups (broad SMARTS) is 1. The van der Waals surface area contributed by atoms with E-state index in [0.717, 1.165) is 20.7 Å². The van der Waals surface area contributed by atoms with Crippen LogP contribution in [0, 0.1) is 0 Å². The molecule has 0 saturated heterocycles. The highest BCUT2D eigenvalue weighted by Gasteiger charge is 2.04. The van der Waals surface area contributed by atoms with Crippen LogP contribution in [0.2, 0.25) is 5.02 Å². The van der Waals surface area contributed by atoms with E-state index in [-0.39, 0.29) is 0 Å². The lowest BCUT2D eigenvalue weighted by Crippen LogP contribution is -1.85. The summed E-state index contributed by atoms with van der Waals surface area (Å²) in [7, 11) is 0. The van der Waals surface area contributed by atoms with Crippen molar-refractivity contribution in [3.05, 3.63) is 52.4 Å². The molecule has 1 aromatic heterocycles. The zero-order valence-corrected chi connectivity index (χ0v) is 11.6. The summed E-state index contributed by atoms with van der Waals surface area (Å²) in [4.78, 5) is 11.6. The monoisotopic (exact) mass is 296 g/mol. The van der Waals surface area contributed by atoms with Gasteiger partial charge in [-0.05, 0) is 47.4 Å². The quantitative estimate of drug-likeness (QED) is 0.834. The largest absolute Gasteiger partial charge is 0.478 e. The first-order valence-electron chi connectivity index (χ1n) is 5.07. The Bertz CT molecular complexity index is 573. The Morgan fingerprint density at radius 3 is 2.67 bits per heavy atom.